The van der Waals surface area contributed by atoms with Gasteiger partial charge in [-0.3, -0.25) is 0 Å². The largest absolute Gasteiger partial charge is 0.384 e. The summed E-state index contributed by atoms with van der Waals surface area (Å²) in [5.74, 6) is 0.501. The van der Waals surface area contributed by atoms with Crippen molar-refractivity contribution in [2.24, 2.45) is 0 Å². The van der Waals surface area contributed by atoms with E-state index < -0.39 is 0 Å². The molecule has 0 saturated heterocycles. The Morgan fingerprint density at radius 3 is 2.15 bits per heavy atom. The van der Waals surface area contributed by atoms with Crippen molar-refractivity contribution in [3.8, 4) is 0 Å². The molecule has 0 fully saturated rings. The van der Waals surface area contributed by atoms with Crippen molar-refractivity contribution in [1.29, 1.82) is 0 Å². The molecule has 1 nitrogen and oxygen atoms in total. The molecule has 0 aliphatic rings. The van der Waals surface area contributed by atoms with Crippen molar-refractivity contribution in [1.82, 2.24) is 0 Å². The fourth-order valence-electron chi connectivity index (χ4n) is 1.13. The highest BCUT2D eigenvalue weighted by Gasteiger charge is 2.01. The number of benzene rings is 1. The monoisotopic (exact) mass is 180 g/mol. The van der Waals surface area contributed by atoms with Gasteiger partial charge in [-0.15, -0.1) is 0 Å². The number of hydrogen-bond donors (Lipinski definition) is 0. The van der Waals surface area contributed by atoms with Crippen LogP contribution in [0.1, 0.15) is 32.3 Å². The van der Waals surface area contributed by atoms with Gasteiger partial charge in [-0.25, -0.2) is 0 Å². The van der Waals surface area contributed by atoms with Crippen LogP contribution in [-0.4, -0.2) is 13.7 Å². The van der Waals surface area contributed by atoms with Gasteiger partial charge in [0.25, 0.3) is 0 Å². The van der Waals surface area contributed by atoms with Crippen molar-refractivity contribution < 1.29 is 4.74 Å². The molecule has 1 aromatic carbocycles. The van der Waals surface area contributed by atoms with Crippen molar-refractivity contribution in [2.45, 2.75) is 26.7 Å². The van der Waals surface area contributed by atoms with Crippen LogP contribution in [0.5, 0.6) is 0 Å². The van der Waals surface area contributed by atoms with Crippen LogP contribution in [0.3, 0.4) is 0 Å². The zero-order valence-corrected chi connectivity index (χ0v) is 9.08. The zero-order valence-electron chi connectivity index (χ0n) is 9.08. The summed E-state index contributed by atoms with van der Waals surface area (Å²) in [5, 5.41) is 0. The van der Waals surface area contributed by atoms with Crippen LogP contribution in [0.25, 0.3) is 0 Å². The standard InChI is InChI=1S/C10H14O.C2H6/c1-9(8-11-2)10-6-4-3-5-7-10;1-2/h3-7,9H,8H2,1-2H3;1-2H3. The van der Waals surface area contributed by atoms with E-state index in [9.17, 15) is 0 Å². The first-order chi connectivity index (χ1) is 6.34. The average Bonchev–Trinajstić information content (AvgIpc) is 2.23. The lowest BCUT2D eigenvalue weighted by Gasteiger charge is -2.09. The Kier molecular flexibility index (Phi) is 7.32. The molecule has 0 N–H and O–H groups in total. The van der Waals surface area contributed by atoms with E-state index in [0.717, 1.165) is 6.61 Å². The third kappa shape index (κ3) is 4.69. The lowest BCUT2D eigenvalue weighted by atomic mass is 10.0. The van der Waals surface area contributed by atoms with Gasteiger partial charge in [-0.1, -0.05) is 51.1 Å². The molecular formula is C12H20O. The molecule has 0 aliphatic carbocycles. The van der Waals surface area contributed by atoms with E-state index in [0.29, 0.717) is 5.92 Å². The molecule has 1 atom stereocenters. The number of hydrogen-bond acceptors (Lipinski definition) is 1. The number of rotatable bonds is 3. The lowest BCUT2D eigenvalue weighted by Crippen LogP contribution is -2.00. The summed E-state index contributed by atoms with van der Waals surface area (Å²) >= 11 is 0. The maximum absolute atomic E-state index is 5.06. The van der Waals surface area contributed by atoms with E-state index in [1.54, 1.807) is 7.11 Å². The topological polar surface area (TPSA) is 9.23 Å². The molecule has 0 aliphatic heterocycles. The quantitative estimate of drug-likeness (QED) is 0.692. The average molecular weight is 180 g/mol. The van der Waals surface area contributed by atoms with E-state index >= 15 is 0 Å². The summed E-state index contributed by atoms with van der Waals surface area (Å²) in [6.45, 7) is 6.96. The first-order valence-corrected chi connectivity index (χ1v) is 4.88. The molecule has 13 heavy (non-hydrogen) atoms. The SMILES string of the molecule is CC.COCC(C)c1ccccc1. The summed E-state index contributed by atoms with van der Waals surface area (Å²) in [6.07, 6.45) is 0. The Morgan fingerprint density at radius 1 is 1.15 bits per heavy atom. The van der Waals surface area contributed by atoms with Crippen molar-refractivity contribution in [3.05, 3.63) is 35.9 Å². The van der Waals surface area contributed by atoms with Crippen LogP contribution < -0.4 is 0 Å². The molecule has 0 aromatic heterocycles. The molecule has 0 bridgehead atoms. The highest BCUT2D eigenvalue weighted by molar-refractivity contribution is 5.18. The Balaban J connectivity index is 0.000000671. The second-order valence-electron chi connectivity index (χ2n) is 2.77. The normalized spacial score (nSPS) is 11.4. The molecule has 0 saturated carbocycles. The Bertz CT molecular complexity index is 194. The smallest absolute Gasteiger partial charge is 0.0528 e. The zero-order chi connectivity index (χ0) is 10.1. The van der Waals surface area contributed by atoms with Gasteiger partial charge in [0.05, 0.1) is 6.61 Å². The van der Waals surface area contributed by atoms with Crippen LogP contribution in [-0.2, 0) is 4.74 Å². The fourth-order valence-corrected chi connectivity index (χ4v) is 1.13. The van der Waals surface area contributed by atoms with E-state index in [1.165, 1.54) is 5.56 Å². The van der Waals surface area contributed by atoms with E-state index in [2.05, 4.69) is 31.2 Å². The van der Waals surface area contributed by atoms with Gasteiger partial charge < -0.3 is 4.74 Å². The summed E-state index contributed by atoms with van der Waals surface area (Å²) in [6, 6.07) is 10.4. The maximum Gasteiger partial charge on any atom is 0.0528 e. The predicted molar refractivity (Wildman–Crippen MR) is 58.1 cm³/mol. The number of methoxy groups -OCH3 is 1. The molecule has 0 spiro atoms. The molecule has 1 aromatic rings. The molecule has 1 heteroatoms. The second kappa shape index (κ2) is 7.81. The van der Waals surface area contributed by atoms with Crippen LogP contribution in [0.15, 0.2) is 30.3 Å². The molecule has 1 unspecified atom stereocenters. The van der Waals surface area contributed by atoms with Crippen LogP contribution >= 0.6 is 0 Å². The highest BCUT2D eigenvalue weighted by atomic mass is 16.5. The molecule has 0 amide bonds. The van der Waals surface area contributed by atoms with Crippen molar-refractivity contribution in [3.63, 3.8) is 0 Å². The van der Waals surface area contributed by atoms with Crippen LogP contribution in [0.4, 0.5) is 0 Å². The minimum atomic E-state index is 0.501. The third-order valence-electron chi connectivity index (χ3n) is 1.79. The van der Waals surface area contributed by atoms with Crippen molar-refractivity contribution in [2.75, 3.05) is 13.7 Å². The first-order valence-electron chi connectivity index (χ1n) is 4.88. The van der Waals surface area contributed by atoms with Gasteiger partial charge in [-0.05, 0) is 5.56 Å². The molecule has 1 rings (SSSR count). The Labute approximate surface area is 81.7 Å². The van der Waals surface area contributed by atoms with E-state index in [-0.39, 0.29) is 0 Å². The second-order valence-corrected chi connectivity index (χ2v) is 2.77. The van der Waals surface area contributed by atoms with Gasteiger partial charge in [0.1, 0.15) is 0 Å². The predicted octanol–water partition coefficient (Wildman–Crippen LogP) is 3.46. The molecule has 0 heterocycles. The van der Waals surface area contributed by atoms with E-state index in [1.807, 2.05) is 19.9 Å². The highest BCUT2D eigenvalue weighted by Crippen LogP contribution is 2.13. The first kappa shape index (κ1) is 12.2. The van der Waals surface area contributed by atoms with Crippen LogP contribution in [0.2, 0.25) is 0 Å². The summed E-state index contributed by atoms with van der Waals surface area (Å²) in [7, 11) is 1.74. The third-order valence-corrected chi connectivity index (χ3v) is 1.79. The Hall–Kier alpha value is -0.820. The summed E-state index contributed by atoms with van der Waals surface area (Å²) in [4.78, 5) is 0. The van der Waals surface area contributed by atoms with Gasteiger partial charge in [0.2, 0.25) is 0 Å². The van der Waals surface area contributed by atoms with E-state index in [4.69, 9.17) is 4.74 Å². The van der Waals surface area contributed by atoms with Crippen LogP contribution in [0, 0.1) is 0 Å². The summed E-state index contributed by atoms with van der Waals surface area (Å²) < 4.78 is 5.06. The lowest BCUT2D eigenvalue weighted by molar-refractivity contribution is 0.184. The molecule has 0 radical (unpaired) electrons. The van der Waals surface area contributed by atoms with Gasteiger partial charge in [0.15, 0.2) is 0 Å². The van der Waals surface area contributed by atoms with Gasteiger partial charge in [0, 0.05) is 13.0 Å². The fraction of sp³-hybridized carbons (Fsp3) is 0.500. The number of ether oxygens (including phenoxy) is 1. The minimum absolute atomic E-state index is 0.501. The van der Waals surface area contributed by atoms with Crippen molar-refractivity contribution >= 4 is 0 Å². The molecule has 74 valence electrons. The Morgan fingerprint density at radius 2 is 1.69 bits per heavy atom. The minimum Gasteiger partial charge on any atom is -0.384 e. The van der Waals surface area contributed by atoms with Gasteiger partial charge >= 0.3 is 0 Å². The summed E-state index contributed by atoms with van der Waals surface area (Å²) in [5.41, 5.74) is 1.34. The maximum atomic E-state index is 5.06. The van der Waals surface area contributed by atoms with Gasteiger partial charge in [-0.2, -0.15) is 0 Å². The molecular weight excluding hydrogens is 160 g/mol.